The molecule has 1 unspecified atom stereocenters. The molecule has 0 radical (unpaired) electrons. The van der Waals surface area contributed by atoms with E-state index >= 15 is 0 Å². The lowest BCUT2D eigenvalue weighted by Gasteiger charge is -2.25. The van der Waals surface area contributed by atoms with E-state index in [-0.39, 0.29) is 0 Å². The van der Waals surface area contributed by atoms with E-state index in [1.165, 1.54) is 55.2 Å². The standard InChI is InChI=1S/C52H38N4/c1-4-14-35(15-5-1)46-34-47(54-52(53-46)37-16-6-2-7-17-37)36-24-28-41(29-25-36)55-49-23-13-11-21-43(49)45-32-38(27-31-50(45)55)39-26-30-44-42-20-10-12-22-48(42)56(51(44)33-39)40-18-8-3-9-19-40/h1-25,27-29,31-32,34,39H,26,30,33H2. The van der Waals surface area contributed by atoms with E-state index < -0.39 is 0 Å². The second-order valence-electron chi connectivity index (χ2n) is 14.9. The molecule has 0 saturated carbocycles. The van der Waals surface area contributed by atoms with Crippen LogP contribution in [0, 0.1) is 0 Å². The van der Waals surface area contributed by atoms with Crippen LogP contribution in [0.4, 0.5) is 0 Å². The Labute approximate surface area is 326 Å². The largest absolute Gasteiger partial charge is 0.313 e. The molecule has 266 valence electrons. The Morgan fingerprint density at radius 1 is 0.429 bits per heavy atom. The molecule has 56 heavy (non-hydrogen) atoms. The Morgan fingerprint density at radius 2 is 0.982 bits per heavy atom. The highest BCUT2D eigenvalue weighted by molar-refractivity contribution is 6.09. The second-order valence-corrected chi connectivity index (χ2v) is 14.9. The zero-order valence-corrected chi connectivity index (χ0v) is 30.9. The van der Waals surface area contributed by atoms with Gasteiger partial charge in [-0.05, 0) is 90.9 Å². The van der Waals surface area contributed by atoms with E-state index in [2.05, 4.69) is 173 Å². The first kappa shape index (κ1) is 32.4. The van der Waals surface area contributed by atoms with Gasteiger partial charge in [0.25, 0.3) is 0 Å². The van der Waals surface area contributed by atoms with Crippen molar-refractivity contribution in [1.82, 2.24) is 19.1 Å². The summed E-state index contributed by atoms with van der Waals surface area (Å²) in [5, 5.41) is 3.97. The van der Waals surface area contributed by atoms with Gasteiger partial charge in [-0.3, -0.25) is 0 Å². The van der Waals surface area contributed by atoms with E-state index in [1.54, 1.807) is 0 Å². The van der Waals surface area contributed by atoms with Crippen molar-refractivity contribution in [1.29, 1.82) is 0 Å². The first-order valence-electron chi connectivity index (χ1n) is 19.6. The third-order valence-corrected chi connectivity index (χ3v) is 11.7. The number of hydrogen-bond acceptors (Lipinski definition) is 2. The number of aromatic nitrogens is 4. The summed E-state index contributed by atoms with van der Waals surface area (Å²) in [7, 11) is 0. The number of fused-ring (bicyclic) bond motifs is 6. The molecule has 7 aromatic carbocycles. The summed E-state index contributed by atoms with van der Waals surface area (Å²) < 4.78 is 4.92. The van der Waals surface area contributed by atoms with Crippen LogP contribution in [0.25, 0.3) is 78.0 Å². The Balaban J connectivity index is 0.974. The van der Waals surface area contributed by atoms with Crippen LogP contribution in [0.5, 0.6) is 0 Å². The molecule has 4 nitrogen and oxygen atoms in total. The summed E-state index contributed by atoms with van der Waals surface area (Å²) in [4.78, 5) is 10.1. The van der Waals surface area contributed by atoms with Gasteiger partial charge in [-0.2, -0.15) is 0 Å². The topological polar surface area (TPSA) is 35.6 Å². The quantitative estimate of drug-likeness (QED) is 0.172. The van der Waals surface area contributed by atoms with Gasteiger partial charge >= 0.3 is 0 Å². The number of rotatable bonds is 6. The SMILES string of the molecule is c1ccc(-c2cc(-c3ccc(-n4c5ccccc5c5cc(C6CCc7c(n(-c8ccccc8)c8ccccc78)C6)ccc54)cc3)nc(-c3ccccc3)n2)cc1. The molecule has 10 aromatic rings. The smallest absolute Gasteiger partial charge is 0.160 e. The van der Waals surface area contributed by atoms with Gasteiger partial charge in [0.2, 0.25) is 0 Å². The summed E-state index contributed by atoms with van der Waals surface area (Å²) in [6.45, 7) is 0. The fourth-order valence-corrected chi connectivity index (χ4v) is 9.04. The van der Waals surface area contributed by atoms with E-state index in [1.807, 2.05) is 24.3 Å². The van der Waals surface area contributed by atoms with Crippen LogP contribution in [0.1, 0.15) is 29.2 Å². The van der Waals surface area contributed by atoms with Crippen molar-refractivity contribution in [3.05, 3.63) is 205 Å². The summed E-state index contributed by atoms with van der Waals surface area (Å²) in [5.74, 6) is 1.16. The molecular weight excluding hydrogens is 681 g/mol. The van der Waals surface area contributed by atoms with Crippen molar-refractivity contribution in [2.45, 2.75) is 25.2 Å². The number of nitrogens with zero attached hydrogens (tertiary/aromatic N) is 4. The fraction of sp³-hybridized carbons (Fsp3) is 0.0769. The first-order chi connectivity index (χ1) is 27.8. The zero-order chi connectivity index (χ0) is 37.0. The first-order valence-corrected chi connectivity index (χ1v) is 19.6. The van der Waals surface area contributed by atoms with Crippen LogP contribution in [0.3, 0.4) is 0 Å². The maximum atomic E-state index is 5.08. The highest BCUT2D eigenvalue weighted by atomic mass is 15.0. The Bertz CT molecular complexity index is 2970. The summed E-state index contributed by atoms with van der Waals surface area (Å²) in [6.07, 6.45) is 3.24. The highest BCUT2D eigenvalue weighted by Gasteiger charge is 2.27. The van der Waals surface area contributed by atoms with Crippen LogP contribution in [-0.4, -0.2) is 19.1 Å². The summed E-state index contributed by atoms with van der Waals surface area (Å²) in [5.41, 5.74) is 15.4. The monoisotopic (exact) mass is 718 g/mol. The average molecular weight is 719 g/mol. The van der Waals surface area contributed by atoms with Crippen molar-refractivity contribution in [2.24, 2.45) is 0 Å². The minimum atomic E-state index is 0.439. The lowest BCUT2D eigenvalue weighted by Crippen LogP contribution is -2.15. The highest BCUT2D eigenvalue weighted by Crippen LogP contribution is 2.42. The second kappa shape index (κ2) is 13.4. The van der Waals surface area contributed by atoms with E-state index in [9.17, 15) is 0 Å². The van der Waals surface area contributed by atoms with Gasteiger partial charge < -0.3 is 9.13 Å². The molecule has 0 fully saturated rings. The Hall–Kier alpha value is -7.04. The Morgan fingerprint density at radius 3 is 1.70 bits per heavy atom. The molecule has 1 aliphatic rings. The minimum Gasteiger partial charge on any atom is -0.313 e. The predicted molar refractivity (Wildman–Crippen MR) is 231 cm³/mol. The molecule has 0 spiro atoms. The van der Waals surface area contributed by atoms with Gasteiger partial charge in [-0.25, -0.2) is 9.97 Å². The third kappa shape index (κ3) is 5.45. The Kier molecular flexibility index (Phi) is 7.73. The molecule has 0 bridgehead atoms. The van der Waals surface area contributed by atoms with Gasteiger partial charge in [0.05, 0.1) is 27.9 Å². The lowest BCUT2D eigenvalue weighted by atomic mass is 9.82. The van der Waals surface area contributed by atoms with E-state index in [0.717, 1.165) is 58.9 Å². The van der Waals surface area contributed by atoms with Crippen molar-refractivity contribution < 1.29 is 0 Å². The van der Waals surface area contributed by atoms with Crippen LogP contribution in [0.15, 0.2) is 188 Å². The van der Waals surface area contributed by atoms with E-state index in [4.69, 9.17) is 9.97 Å². The van der Waals surface area contributed by atoms with Gasteiger partial charge in [0.1, 0.15) is 0 Å². The molecule has 11 rings (SSSR count). The predicted octanol–water partition coefficient (Wildman–Crippen LogP) is 12.8. The summed E-state index contributed by atoms with van der Waals surface area (Å²) >= 11 is 0. The van der Waals surface area contributed by atoms with Crippen molar-refractivity contribution in [3.63, 3.8) is 0 Å². The van der Waals surface area contributed by atoms with Crippen LogP contribution in [-0.2, 0) is 12.8 Å². The molecule has 3 heterocycles. The van der Waals surface area contributed by atoms with Gasteiger partial charge in [0, 0.05) is 49.9 Å². The normalized spacial score (nSPS) is 14.0. The number of hydrogen-bond donors (Lipinski definition) is 0. The number of aryl methyl sites for hydroxylation is 1. The van der Waals surface area contributed by atoms with Gasteiger partial charge in [-0.1, -0.05) is 133 Å². The van der Waals surface area contributed by atoms with Crippen molar-refractivity contribution in [3.8, 4) is 45.3 Å². The molecule has 0 saturated heterocycles. The van der Waals surface area contributed by atoms with Gasteiger partial charge in [-0.15, -0.1) is 0 Å². The number of para-hydroxylation sites is 3. The fourth-order valence-electron chi connectivity index (χ4n) is 9.04. The molecule has 1 aliphatic carbocycles. The zero-order valence-electron chi connectivity index (χ0n) is 30.9. The lowest BCUT2D eigenvalue weighted by molar-refractivity contribution is 0.573. The van der Waals surface area contributed by atoms with Crippen molar-refractivity contribution in [2.75, 3.05) is 0 Å². The summed E-state index contributed by atoms with van der Waals surface area (Å²) in [6, 6.07) is 67.4. The van der Waals surface area contributed by atoms with Crippen LogP contribution in [0.2, 0.25) is 0 Å². The third-order valence-electron chi connectivity index (χ3n) is 11.7. The molecule has 3 aromatic heterocycles. The molecule has 4 heteroatoms. The van der Waals surface area contributed by atoms with Crippen LogP contribution < -0.4 is 0 Å². The molecule has 0 N–H and O–H groups in total. The number of benzene rings is 7. The maximum Gasteiger partial charge on any atom is 0.160 e. The average Bonchev–Trinajstić information content (AvgIpc) is 3.79. The van der Waals surface area contributed by atoms with Crippen molar-refractivity contribution >= 4 is 32.7 Å². The molecule has 1 atom stereocenters. The molecule has 0 amide bonds. The molecule has 0 aliphatic heterocycles. The minimum absolute atomic E-state index is 0.439. The molecular formula is C52H38N4. The van der Waals surface area contributed by atoms with Crippen LogP contribution >= 0.6 is 0 Å². The van der Waals surface area contributed by atoms with Gasteiger partial charge in [0.15, 0.2) is 5.82 Å². The van der Waals surface area contributed by atoms with E-state index in [0.29, 0.717) is 5.92 Å². The maximum absolute atomic E-state index is 5.08.